The van der Waals surface area contributed by atoms with Gasteiger partial charge >= 0.3 is 5.69 Å². The first-order valence-electron chi connectivity index (χ1n) is 11.0. The summed E-state index contributed by atoms with van der Waals surface area (Å²) in [4.78, 5) is 45.5. The van der Waals surface area contributed by atoms with Crippen LogP contribution in [0.25, 0.3) is 0 Å². The van der Waals surface area contributed by atoms with E-state index in [9.17, 15) is 14.4 Å². The van der Waals surface area contributed by atoms with Crippen LogP contribution in [0.1, 0.15) is 56.3 Å². The van der Waals surface area contributed by atoms with E-state index in [1.54, 1.807) is 6.92 Å². The van der Waals surface area contributed by atoms with Gasteiger partial charge in [-0.25, -0.2) is 4.79 Å². The zero-order chi connectivity index (χ0) is 20.5. The fourth-order valence-electron chi connectivity index (χ4n) is 5.33. The minimum absolute atomic E-state index is 0.0240. The molecular weight excluding hydrogens is 368 g/mol. The molecule has 3 heterocycles. The van der Waals surface area contributed by atoms with E-state index in [0.29, 0.717) is 36.4 Å². The Hall–Kier alpha value is -2.18. The van der Waals surface area contributed by atoms with E-state index in [4.69, 9.17) is 0 Å². The third kappa shape index (κ3) is 4.23. The van der Waals surface area contributed by atoms with Crippen LogP contribution in [0.5, 0.6) is 0 Å². The molecule has 0 unspecified atom stereocenters. The topological polar surface area (TPSA) is 75.5 Å². The van der Waals surface area contributed by atoms with Crippen molar-refractivity contribution in [3.05, 3.63) is 27.9 Å². The molecule has 0 N–H and O–H groups in total. The molecule has 4 rings (SSSR count). The number of hydrogen-bond acceptors (Lipinski definition) is 4. The van der Waals surface area contributed by atoms with Crippen LogP contribution in [0.2, 0.25) is 0 Å². The number of carbonyl (C=O) groups is 2. The number of fused-ring (bicyclic) bond motifs is 1. The van der Waals surface area contributed by atoms with Gasteiger partial charge in [0.15, 0.2) is 0 Å². The highest BCUT2D eigenvalue weighted by molar-refractivity contribution is 5.78. The number of amides is 2. The summed E-state index contributed by atoms with van der Waals surface area (Å²) in [7, 11) is 0. The summed E-state index contributed by atoms with van der Waals surface area (Å²) in [5.74, 6) is 1.21. The van der Waals surface area contributed by atoms with E-state index in [-0.39, 0.29) is 24.2 Å². The smallest absolute Gasteiger partial charge is 0.342 e. The van der Waals surface area contributed by atoms with Crippen molar-refractivity contribution in [2.24, 2.45) is 11.8 Å². The standard InChI is InChI=1S/C22H32N4O3/c1-15-10-16(2)25(22(29)23-15)14-21(28)26-13-18-12-24(9-8-19(18)26)20(27)11-17-6-4-3-5-7-17/h10,17-19H,3-9,11-14H2,1-2H3/t18-,19-/m0/s1. The second kappa shape index (κ2) is 8.28. The van der Waals surface area contributed by atoms with Crippen molar-refractivity contribution in [3.63, 3.8) is 0 Å². The minimum Gasteiger partial charge on any atom is -0.342 e. The van der Waals surface area contributed by atoms with E-state index < -0.39 is 0 Å². The normalized spacial score (nSPS) is 24.8. The summed E-state index contributed by atoms with van der Waals surface area (Å²) in [5.41, 5.74) is 1.07. The molecule has 3 fully saturated rings. The van der Waals surface area contributed by atoms with Crippen LogP contribution in [0.4, 0.5) is 0 Å². The molecule has 7 nitrogen and oxygen atoms in total. The molecule has 1 aliphatic carbocycles. The Morgan fingerprint density at radius 1 is 1.07 bits per heavy atom. The molecule has 0 spiro atoms. The number of nitrogens with zero attached hydrogens (tertiary/aromatic N) is 4. The Morgan fingerprint density at radius 2 is 1.83 bits per heavy atom. The Balaban J connectivity index is 1.30. The largest absolute Gasteiger partial charge is 0.348 e. The Bertz CT molecular complexity index is 843. The van der Waals surface area contributed by atoms with Gasteiger partial charge in [-0.05, 0) is 45.1 Å². The lowest BCUT2D eigenvalue weighted by atomic mass is 9.81. The molecule has 1 aromatic heterocycles. The first kappa shape index (κ1) is 20.1. The van der Waals surface area contributed by atoms with Crippen LogP contribution in [0, 0.1) is 25.7 Å². The summed E-state index contributed by atoms with van der Waals surface area (Å²) >= 11 is 0. The van der Waals surface area contributed by atoms with Crippen LogP contribution in [-0.4, -0.2) is 56.8 Å². The van der Waals surface area contributed by atoms with Crippen molar-refractivity contribution < 1.29 is 9.59 Å². The number of rotatable bonds is 4. The molecule has 1 aromatic rings. The molecule has 29 heavy (non-hydrogen) atoms. The molecule has 2 atom stereocenters. The number of likely N-dealkylation sites (tertiary alicyclic amines) is 2. The quantitative estimate of drug-likeness (QED) is 0.773. The summed E-state index contributed by atoms with van der Waals surface area (Å²) in [6.45, 7) is 5.85. The molecule has 0 aromatic carbocycles. The van der Waals surface area contributed by atoms with Gasteiger partial charge in [-0.2, -0.15) is 4.98 Å². The fourth-order valence-corrected chi connectivity index (χ4v) is 5.33. The van der Waals surface area contributed by atoms with Gasteiger partial charge in [0.2, 0.25) is 11.8 Å². The second-order valence-corrected chi connectivity index (χ2v) is 9.12. The molecule has 0 radical (unpaired) electrons. The third-order valence-corrected chi connectivity index (χ3v) is 7.03. The molecule has 3 aliphatic rings. The van der Waals surface area contributed by atoms with Gasteiger partial charge < -0.3 is 9.80 Å². The number of carbonyl (C=O) groups excluding carboxylic acids is 2. The first-order valence-corrected chi connectivity index (χ1v) is 11.0. The van der Waals surface area contributed by atoms with Gasteiger partial charge in [0.1, 0.15) is 6.54 Å². The maximum absolute atomic E-state index is 12.8. The molecule has 1 saturated carbocycles. The van der Waals surface area contributed by atoms with Gasteiger partial charge in [0.05, 0.1) is 0 Å². The monoisotopic (exact) mass is 400 g/mol. The van der Waals surface area contributed by atoms with Gasteiger partial charge in [-0.3, -0.25) is 14.2 Å². The van der Waals surface area contributed by atoms with Crippen LogP contribution in [0.15, 0.2) is 10.9 Å². The zero-order valence-electron chi connectivity index (χ0n) is 17.6. The van der Waals surface area contributed by atoms with E-state index in [1.165, 1.54) is 36.7 Å². The molecule has 2 aliphatic heterocycles. The summed E-state index contributed by atoms with van der Waals surface area (Å²) in [6, 6.07) is 2.03. The van der Waals surface area contributed by atoms with E-state index >= 15 is 0 Å². The van der Waals surface area contributed by atoms with Gasteiger partial charge in [0, 0.05) is 49.4 Å². The molecular formula is C22H32N4O3. The van der Waals surface area contributed by atoms with Crippen molar-refractivity contribution >= 4 is 11.8 Å². The highest BCUT2D eigenvalue weighted by atomic mass is 16.2. The van der Waals surface area contributed by atoms with Crippen molar-refractivity contribution in [2.45, 2.75) is 71.4 Å². The Kier molecular flexibility index (Phi) is 5.74. The minimum atomic E-state index is -0.365. The Morgan fingerprint density at radius 3 is 2.52 bits per heavy atom. The molecule has 0 bridgehead atoms. The third-order valence-electron chi connectivity index (χ3n) is 7.03. The molecule has 158 valence electrons. The summed E-state index contributed by atoms with van der Waals surface area (Å²) in [5, 5.41) is 0. The summed E-state index contributed by atoms with van der Waals surface area (Å²) < 4.78 is 1.45. The first-order chi connectivity index (χ1) is 13.9. The highest BCUT2D eigenvalue weighted by Gasteiger charge is 2.45. The molecule has 2 saturated heterocycles. The lowest BCUT2D eigenvalue weighted by molar-refractivity contribution is -0.152. The predicted octanol–water partition coefficient (Wildman–Crippen LogP) is 1.89. The lowest BCUT2D eigenvalue weighted by Crippen LogP contribution is -2.66. The Labute approximate surface area is 172 Å². The second-order valence-electron chi connectivity index (χ2n) is 9.12. The number of piperidine rings is 1. The fraction of sp³-hybridized carbons (Fsp3) is 0.727. The van der Waals surface area contributed by atoms with E-state index in [1.807, 2.05) is 22.8 Å². The number of aryl methyl sites for hydroxylation is 2. The number of hydrogen-bond donors (Lipinski definition) is 0. The molecule has 7 heteroatoms. The zero-order valence-corrected chi connectivity index (χ0v) is 17.6. The predicted molar refractivity (Wildman–Crippen MR) is 109 cm³/mol. The van der Waals surface area contributed by atoms with Gasteiger partial charge in [0.25, 0.3) is 0 Å². The average Bonchev–Trinajstić information content (AvgIpc) is 2.66. The van der Waals surface area contributed by atoms with Crippen LogP contribution >= 0.6 is 0 Å². The molecule has 2 amide bonds. The SMILES string of the molecule is Cc1cc(C)n(CC(=O)N2C[C@@H]3CN(C(=O)CC4CCCCC4)CC[C@@H]32)c(=O)n1. The van der Waals surface area contributed by atoms with Crippen LogP contribution < -0.4 is 5.69 Å². The van der Waals surface area contributed by atoms with Crippen molar-refractivity contribution in [1.29, 1.82) is 0 Å². The lowest BCUT2D eigenvalue weighted by Gasteiger charge is -2.53. The van der Waals surface area contributed by atoms with E-state index in [0.717, 1.165) is 25.2 Å². The van der Waals surface area contributed by atoms with Crippen molar-refractivity contribution in [1.82, 2.24) is 19.4 Å². The van der Waals surface area contributed by atoms with Crippen molar-refractivity contribution in [2.75, 3.05) is 19.6 Å². The summed E-state index contributed by atoms with van der Waals surface area (Å²) in [6.07, 6.45) is 7.76. The van der Waals surface area contributed by atoms with Gasteiger partial charge in [-0.15, -0.1) is 0 Å². The van der Waals surface area contributed by atoms with Crippen LogP contribution in [-0.2, 0) is 16.1 Å². The average molecular weight is 401 g/mol. The maximum atomic E-state index is 12.8. The van der Waals surface area contributed by atoms with Crippen molar-refractivity contribution in [3.8, 4) is 0 Å². The van der Waals surface area contributed by atoms with Gasteiger partial charge in [-0.1, -0.05) is 19.3 Å². The maximum Gasteiger partial charge on any atom is 0.348 e. The van der Waals surface area contributed by atoms with E-state index in [2.05, 4.69) is 4.98 Å². The van der Waals surface area contributed by atoms with Crippen LogP contribution in [0.3, 0.4) is 0 Å². The number of aromatic nitrogens is 2. The highest BCUT2D eigenvalue weighted by Crippen LogP contribution is 2.34.